The molecule has 2 aromatic rings. The fraction of sp³-hybridized carbons (Fsp3) is 0.350. The molecule has 1 unspecified atom stereocenters. The van der Waals surface area contributed by atoms with Gasteiger partial charge in [0, 0.05) is 13.1 Å². The van der Waals surface area contributed by atoms with Gasteiger partial charge in [0.25, 0.3) is 0 Å². The lowest BCUT2D eigenvalue weighted by atomic mass is 9.92. The highest BCUT2D eigenvalue weighted by Crippen LogP contribution is 2.18. The third-order valence-electron chi connectivity index (χ3n) is 4.03. The smallest absolute Gasteiger partial charge is 0.244 e. The summed E-state index contributed by atoms with van der Waals surface area (Å²) in [5.41, 5.74) is 6.94. The zero-order valence-corrected chi connectivity index (χ0v) is 17.6. The number of carbonyl (C=O) groups is 1. The number of hydrogen-bond acceptors (Lipinski definition) is 4. The van der Waals surface area contributed by atoms with Crippen molar-refractivity contribution in [1.82, 2.24) is 10.2 Å². The molecule has 0 aliphatic carbocycles. The number of nitrogens with zero attached hydrogens (tertiary/aromatic N) is 1. The monoisotopic (exact) mass is 413 g/mol. The quantitative estimate of drug-likeness (QED) is 0.697. The van der Waals surface area contributed by atoms with Crippen LogP contribution in [0.5, 0.6) is 5.75 Å². The molecule has 0 fully saturated rings. The molecule has 0 saturated carbocycles. The van der Waals surface area contributed by atoms with Crippen LogP contribution < -0.4 is 15.8 Å². The van der Waals surface area contributed by atoms with Gasteiger partial charge >= 0.3 is 0 Å². The third kappa shape index (κ3) is 7.77. The summed E-state index contributed by atoms with van der Waals surface area (Å²) in [6, 6.07) is 17.1. The largest absolute Gasteiger partial charge is 0.492 e. The van der Waals surface area contributed by atoms with Crippen molar-refractivity contribution in [3.63, 3.8) is 0 Å². The van der Waals surface area contributed by atoms with E-state index in [2.05, 4.69) is 10.2 Å². The van der Waals surface area contributed by atoms with Gasteiger partial charge in [0.05, 0.1) is 0 Å². The maximum atomic E-state index is 12.4. The van der Waals surface area contributed by atoms with E-state index in [0.717, 1.165) is 23.4 Å². The van der Waals surface area contributed by atoms with Crippen molar-refractivity contribution in [2.24, 2.45) is 5.73 Å². The minimum absolute atomic E-state index is 0. The number of benzene rings is 2. The van der Waals surface area contributed by atoms with Crippen molar-refractivity contribution < 1.29 is 9.53 Å². The summed E-state index contributed by atoms with van der Waals surface area (Å²) in [6.45, 7) is 3.66. The SMILES string of the molecule is CN(C)CCOc1ccc(CNC(=O)C(C)(N)c2ccccc2)cc1.Cl.Cl. The fourth-order valence-corrected chi connectivity index (χ4v) is 2.33. The highest BCUT2D eigenvalue weighted by molar-refractivity contribution is 5.87. The van der Waals surface area contributed by atoms with Crippen LogP contribution in [0.4, 0.5) is 0 Å². The molecule has 3 N–H and O–H groups in total. The number of halogens is 2. The molecule has 27 heavy (non-hydrogen) atoms. The van der Waals surface area contributed by atoms with Crippen LogP contribution in [0.15, 0.2) is 54.6 Å². The first kappa shape index (κ1) is 25.2. The van der Waals surface area contributed by atoms with Crippen molar-refractivity contribution in [3.05, 3.63) is 65.7 Å². The number of nitrogens with one attached hydrogen (secondary N) is 1. The normalized spacial score (nSPS) is 12.3. The molecular weight excluding hydrogens is 385 g/mol. The summed E-state index contributed by atoms with van der Waals surface area (Å²) in [5, 5.41) is 2.90. The Balaban J connectivity index is 0.00000338. The van der Waals surface area contributed by atoms with Gasteiger partial charge in [0.2, 0.25) is 5.91 Å². The minimum Gasteiger partial charge on any atom is -0.492 e. The van der Waals surface area contributed by atoms with Crippen LogP contribution in [-0.4, -0.2) is 38.1 Å². The maximum absolute atomic E-state index is 12.4. The van der Waals surface area contributed by atoms with Crippen LogP contribution in [0.1, 0.15) is 18.1 Å². The molecule has 0 heterocycles. The molecule has 0 aliphatic heterocycles. The first-order chi connectivity index (χ1) is 11.9. The average molecular weight is 414 g/mol. The predicted molar refractivity (Wildman–Crippen MR) is 115 cm³/mol. The minimum atomic E-state index is -1.06. The molecule has 1 amide bonds. The molecule has 5 nitrogen and oxygen atoms in total. The molecule has 0 radical (unpaired) electrons. The Kier molecular flexibility index (Phi) is 11.0. The molecule has 0 bridgehead atoms. The van der Waals surface area contributed by atoms with Crippen molar-refractivity contribution in [1.29, 1.82) is 0 Å². The summed E-state index contributed by atoms with van der Waals surface area (Å²) in [7, 11) is 4.02. The Labute approximate surface area is 174 Å². The lowest BCUT2D eigenvalue weighted by molar-refractivity contribution is -0.126. The van der Waals surface area contributed by atoms with Crippen LogP contribution in [0.25, 0.3) is 0 Å². The zero-order chi connectivity index (χ0) is 18.3. The number of rotatable bonds is 8. The van der Waals surface area contributed by atoms with E-state index >= 15 is 0 Å². The summed E-state index contributed by atoms with van der Waals surface area (Å²) in [4.78, 5) is 14.5. The van der Waals surface area contributed by atoms with E-state index in [1.54, 1.807) is 6.92 Å². The molecule has 1 atom stereocenters. The van der Waals surface area contributed by atoms with Crippen LogP contribution in [0.3, 0.4) is 0 Å². The van der Waals surface area contributed by atoms with Gasteiger partial charge in [-0.25, -0.2) is 0 Å². The highest BCUT2D eigenvalue weighted by atomic mass is 35.5. The first-order valence-electron chi connectivity index (χ1n) is 8.39. The fourth-order valence-electron chi connectivity index (χ4n) is 2.33. The molecule has 0 spiro atoms. The molecule has 0 aliphatic rings. The van der Waals surface area contributed by atoms with Crippen LogP contribution in [0, 0.1) is 0 Å². The number of hydrogen-bond donors (Lipinski definition) is 2. The second-order valence-corrected chi connectivity index (χ2v) is 6.55. The lowest BCUT2D eigenvalue weighted by Crippen LogP contribution is -2.48. The van der Waals surface area contributed by atoms with E-state index < -0.39 is 5.54 Å². The summed E-state index contributed by atoms with van der Waals surface area (Å²) in [5.74, 6) is 0.620. The van der Waals surface area contributed by atoms with E-state index in [9.17, 15) is 4.79 Å². The second kappa shape index (κ2) is 11.8. The molecular formula is C20H29Cl2N3O2. The van der Waals surface area contributed by atoms with Crippen molar-refractivity contribution in [2.75, 3.05) is 27.2 Å². The van der Waals surface area contributed by atoms with Gasteiger partial charge < -0.3 is 20.7 Å². The highest BCUT2D eigenvalue weighted by Gasteiger charge is 2.29. The summed E-state index contributed by atoms with van der Waals surface area (Å²) >= 11 is 0. The summed E-state index contributed by atoms with van der Waals surface area (Å²) in [6.07, 6.45) is 0. The Hall–Kier alpha value is -1.79. The van der Waals surface area contributed by atoms with Gasteiger partial charge in [-0.05, 0) is 44.3 Å². The molecule has 2 rings (SSSR count). The maximum Gasteiger partial charge on any atom is 0.244 e. The van der Waals surface area contributed by atoms with Crippen molar-refractivity contribution in [2.45, 2.75) is 19.0 Å². The van der Waals surface area contributed by atoms with Crippen LogP contribution in [-0.2, 0) is 16.9 Å². The first-order valence-corrected chi connectivity index (χ1v) is 8.39. The lowest BCUT2D eigenvalue weighted by Gasteiger charge is -2.24. The van der Waals surface area contributed by atoms with Crippen molar-refractivity contribution >= 4 is 30.7 Å². The standard InChI is InChI=1S/C20H27N3O2.2ClH/c1-20(21,17-7-5-4-6-8-17)19(24)22-15-16-9-11-18(12-10-16)25-14-13-23(2)3;;/h4-12H,13-15,21H2,1-3H3,(H,22,24);2*1H. The number of carbonyl (C=O) groups excluding carboxylic acids is 1. The van der Waals surface area contributed by atoms with E-state index in [-0.39, 0.29) is 30.7 Å². The van der Waals surface area contributed by atoms with E-state index in [1.807, 2.05) is 68.7 Å². The molecule has 0 aromatic heterocycles. The number of nitrogens with two attached hydrogens (primary N) is 1. The molecule has 0 saturated heterocycles. The second-order valence-electron chi connectivity index (χ2n) is 6.55. The zero-order valence-electron chi connectivity index (χ0n) is 16.0. The Morgan fingerprint density at radius 2 is 1.67 bits per heavy atom. The van der Waals surface area contributed by atoms with E-state index in [4.69, 9.17) is 10.5 Å². The Morgan fingerprint density at radius 3 is 2.22 bits per heavy atom. The van der Waals surface area contributed by atoms with Gasteiger partial charge in [-0.1, -0.05) is 42.5 Å². The van der Waals surface area contributed by atoms with Crippen LogP contribution >= 0.6 is 24.8 Å². The Bertz CT molecular complexity index is 677. The van der Waals surface area contributed by atoms with Crippen LogP contribution in [0.2, 0.25) is 0 Å². The average Bonchev–Trinajstić information content (AvgIpc) is 2.61. The molecule has 2 aromatic carbocycles. The number of likely N-dealkylation sites (N-methyl/N-ethyl adjacent to an activating group) is 1. The molecule has 150 valence electrons. The van der Waals surface area contributed by atoms with Crippen molar-refractivity contribution in [3.8, 4) is 5.75 Å². The molecule has 7 heteroatoms. The summed E-state index contributed by atoms with van der Waals surface area (Å²) < 4.78 is 5.66. The topological polar surface area (TPSA) is 67.6 Å². The van der Waals surface area contributed by atoms with Gasteiger partial charge in [-0.2, -0.15) is 0 Å². The Morgan fingerprint density at radius 1 is 1.07 bits per heavy atom. The number of amides is 1. The third-order valence-corrected chi connectivity index (χ3v) is 4.03. The van der Waals surface area contributed by atoms with E-state index in [1.165, 1.54) is 0 Å². The number of ether oxygens (including phenoxy) is 1. The van der Waals surface area contributed by atoms with Gasteiger partial charge in [0.15, 0.2) is 0 Å². The van der Waals surface area contributed by atoms with Gasteiger partial charge in [0.1, 0.15) is 17.9 Å². The van der Waals surface area contributed by atoms with Gasteiger partial charge in [-0.3, -0.25) is 4.79 Å². The predicted octanol–water partition coefficient (Wildman–Crippen LogP) is 2.96. The van der Waals surface area contributed by atoms with E-state index in [0.29, 0.717) is 13.2 Å². The van der Waals surface area contributed by atoms with Gasteiger partial charge in [-0.15, -0.1) is 24.8 Å².